The lowest BCUT2D eigenvalue weighted by Crippen LogP contribution is -2.40. The van der Waals surface area contributed by atoms with E-state index in [-0.39, 0.29) is 5.91 Å². The van der Waals surface area contributed by atoms with Crippen molar-refractivity contribution in [3.63, 3.8) is 0 Å². The van der Waals surface area contributed by atoms with E-state index in [0.29, 0.717) is 36.0 Å². The molecule has 8 heteroatoms. The molecule has 30 heavy (non-hydrogen) atoms. The zero-order valence-electron chi connectivity index (χ0n) is 16.5. The molecule has 5 nitrogen and oxygen atoms in total. The number of amides is 1. The van der Waals surface area contributed by atoms with Gasteiger partial charge in [-0.25, -0.2) is 8.78 Å². The Morgan fingerprint density at radius 1 is 1.07 bits per heavy atom. The number of benzene rings is 2. The predicted molar refractivity (Wildman–Crippen MR) is 113 cm³/mol. The van der Waals surface area contributed by atoms with Gasteiger partial charge in [0.2, 0.25) is 0 Å². The largest absolute Gasteiger partial charge is 0.366 e. The quantitative estimate of drug-likeness (QED) is 0.559. The van der Waals surface area contributed by atoms with Gasteiger partial charge in [0.15, 0.2) is 11.6 Å². The molecule has 4 rings (SSSR count). The third-order valence-corrected chi connectivity index (χ3v) is 5.34. The van der Waals surface area contributed by atoms with Gasteiger partial charge in [-0.3, -0.25) is 9.48 Å². The maximum Gasteiger partial charge on any atom is 0.276 e. The second kappa shape index (κ2) is 8.44. The van der Waals surface area contributed by atoms with E-state index in [1.807, 2.05) is 24.3 Å². The van der Waals surface area contributed by atoms with Crippen molar-refractivity contribution in [2.24, 2.45) is 0 Å². The van der Waals surface area contributed by atoms with Gasteiger partial charge < -0.3 is 9.80 Å². The lowest BCUT2D eigenvalue weighted by atomic mass is 10.2. The van der Waals surface area contributed by atoms with E-state index < -0.39 is 11.6 Å². The average Bonchev–Trinajstić information content (AvgIpc) is 3.14. The van der Waals surface area contributed by atoms with E-state index in [2.05, 4.69) is 16.9 Å². The topological polar surface area (TPSA) is 41.4 Å². The molecule has 0 aliphatic carbocycles. The summed E-state index contributed by atoms with van der Waals surface area (Å²) in [6.45, 7) is 4.31. The van der Waals surface area contributed by atoms with E-state index >= 15 is 0 Å². The average molecular weight is 431 g/mol. The number of anilines is 2. The second-order valence-corrected chi connectivity index (χ2v) is 7.63. The van der Waals surface area contributed by atoms with E-state index in [1.165, 1.54) is 11.0 Å². The Hall–Kier alpha value is -2.93. The summed E-state index contributed by atoms with van der Waals surface area (Å²) in [4.78, 5) is 16.6. The monoisotopic (exact) mass is 430 g/mol. The normalized spacial score (nSPS) is 13.5. The molecule has 0 radical (unpaired) electrons. The van der Waals surface area contributed by atoms with Gasteiger partial charge in [0.25, 0.3) is 5.91 Å². The first-order valence-electron chi connectivity index (χ1n) is 9.80. The van der Waals surface area contributed by atoms with Crippen molar-refractivity contribution in [2.45, 2.75) is 26.4 Å². The van der Waals surface area contributed by atoms with E-state index in [1.54, 1.807) is 10.7 Å². The zero-order chi connectivity index (χ0) is 21.3. The van der Waals surface area contributed by atoms with E-state index in [4.69, 9.17) is 11.6 Å². The minimum Gasteiger partial charge on any atom is -0.366 e. The molecule has 0 saturated heterocycles. The highest BCUT2D eigenvalue weighted by atomic mass is 35.5. The molecule has 0 spiro atoms. The van der Waals surface area contributed by atoms with Crippen molar-refractivity contribution in [1.29, 1.82) is 0 Å². The van der Waals surface area contributed by atoms with Crippen LogP contribution in [0.25, 0.3) is 0 Å². The van der Waals surface area contributed by atoms with Crippen molar-refractivity contribution in [2.75, 3.05) is 22.9 Å². The fraction of sp³-hybridized carbons (Fsp3) is 0.273. The molecule has 1 aliphatic rings. The maximum absolute atomic E-state index is 13.6. The molecule has 3 aromatic rings. The van der Waals surface area contributed by atoms with Gasteiger partial charge in [-0.15, -0.1) is 0 Å². The van der Waals surface area contributed by atoms with Crippen LogP contribution in [0.4, 0.5) is 20.2 Å². The first kappa shape index (κ1) is 20.3. The SMILES string of the molecule is CCCN(Cc1cc2n(n1)CCN(c1ccc(F)c(F)c1)C2=O)c1ccc(Cl)cc1. The Labute approximate surface area is 178 Å². The highest BCUT2D eigenvalue weighted by Gasteiger charge is 2.28. The molecule has 2 heterocycles. The van der Waals surface area contributed by atoms with Crippen LogP contribution in [0.1, 0.15) is 29.5 Å². The number of nitrogens with zero attached hydrogens (tertiary/aromatic N) is 4. The van der Waals surface area contributed by atoms with Crippen molar-refractivity contribution >= 4 is 28.9 Å². The van der Waals surface area contributed by atoms with E-state index in [0.717, 1.165) is 36.5 Å². The van der Waals surface area contributed by atoms with Crippen LogP contribution in [-0.4, -0.2) is 28.8 Å². The van der Waals surface area contributed by atoms with Gasteiger partial charge in [-0.05, 0) is 48.9 Å². The second-order valence-electron chi connectivity index (χ2n) is 7.20. The number of fused-ring (bicyclic) bond motifs is 1. The maximum atomic E-state index is 13.6. The van der Waals surface area contributed by atoms with Crippen LogP contribution in [0, 0.1) is 11.6 Å². The van der Waals surface area contributed by atoms with Crippen LogP contribution in [0.15, 0.2) is 48.5 Å². The number of carbonyl (C=O) groups excluding carboxylic acids is 1. The molecule has 0 unspecified atom stereocenters. The smallest absolute Gasteiger partial charge is 0.276 e. The molecule has 1 aliphatic heterocycles. The third-order valence-electron chi connectivity index (χ3n) is 5.08. The van der Waals surface area contributed by atoms with Gasteiger partial charge in [0, 0.05) is 35.6 Å². The Morgan fingerprint density at radius 2 is 1.83 bits per heavy atom. The molecule has 0 N–H and O–H groups in total. The Balaban J connectivity index is 1.56. The Morgan fingerprint density at radius 3 is 2.53 bits per heavy atom. The van der Waals surface area contributed by atoms with Crippen LogP contribution in [0.3, 0.4) is 0 Å². The molecule has 1 amide bonds. The van der Waals surface area contributed by atoms with Crippen LogP contribution < -0.4 is 9.80 Å². The van der Waals surface area contributed by atoms with E-state index in [9.17, 15) is 13.6 Å². The van der Waals surface area contributed by atoms with Gasteiger partial charge in [0.05, 0.1) is 18.8 Å². The fourth-order valence-electron chi connectivity index (χ4n) is 3.64. The van der Waals surface area contributed by atoms with Crippen LogP contribution >= 0.6 is 11.6 Å². The Bertz CT molecular complexity index is 1070. The summed E-state index contributed by atoms with van der Waals surface area (Å²) in [5, 5.41) is 5.27. The molecule has 0 bridgehead atoms. The van der Waals surface area contributed by atoms with Gasteiger partial charge in [-0.1, -0.05) is 18.5 Å². The fourth-order valence-corrected chi connectivity index (χ4v) is 3.77. The summed E-state index contributed by atoms with van der Waals surface area (Å²) < 4.78 is 28.5. The summed E-state index contributed by atoms with van der Waals surface area (Å²) in [5.41, 5.74) is 2.58. The first-order chi connectivity index (χ1) is 14.5. The lowest BCUT2D eigenvalue weighted by molar-refractivity contribution is 0.0962. The molecule has 2 aromatic carbocycles. The molecular weight excluding hydrogens is 410 g/mol. The number of carbonyl (C=O) groups is 1. The minimum atomic E-state index is -0.974. The van der Waals surface area contributed by atoms with Crippen molar-refractivity contribution < 1.29 is 13.6 Å². The number of aromatic nitrogens is 2. The summed E-state index contributed by atoms with van der Waals surface area (Å²) >= 11 is 6.00. The first-order valence-corrected chi connectivity index (χ1v) is 10.2. The number of rotatable bonds is 6. The van der Waals surface area contributed by atoms with Gasteiger partial charge in [0.1, 0.15) is 5.69 Å². The highest BCUT2D eigenvalue weighted by Crippen LogP contribution is 2.25. The van der Waals surface area contributed by atoms with Gasteiger partial charge in [-0.2, -0.15) is 5.10 Å². The van der Waals surface area contributed by atoms with Crippen LogP contribution in [-0.2, 0) is 13.1 Å². The highest BCUT2D eigenvalue weighted by molar-refractivity contribution is 6.30. The van der Waals surface area contributed by atoms with Crippen LogP contribution in [0.2, 0.25) is 5.02 Å². The molecule has 0 saturated carbocycles. The van der Waals surface area contributed by atoms with Crippen molar-refractivity contribution in [1.82, 2.24) is 9.78 Å². The molecule has 0 fully saturated rings. The predicted octanol–water partition coefficient (Wildman–Crippen LogP) is 4.89. The number of hydrogen-bond acceptors (Lipinski definition) is 3. The molecular formula is C22H21ClF2N4O. The molecule has 0 atom stereocenters. The summed E-state index contributed by atoms with van der Waals surface area (Å²) in [5.74, 6) is -2.19. The molecule has 156 valence electrons. The summed E-state index contributed by atoms with van der Waals surface area (Å²) in [6, 6.07) is 12.9. The summed E-state index contributed by atoms with van der Waals surface area (Å²) in [7, 11) is 0. The third kappa shape index (κ3) is 4.03. The lowest BCUT2D eigenvalue weighted by Gasteiger charge is -2.27. The minimum absolute atomic E-state index is 0.278. The standard InChI is InChI=1S/C22H21ClF2N4O/c1-2-9-27(17-5-3-15(23)4-6-17)14-16-12-21-22(30)28(10-11-29(21)26-16)18-7-8-19(24)20(25)13-18/h3-8,12-13H,2,9-11,14H2,1H3. The van der Waals surface area contributed by atoms with Gasteiger partial charge >= 0.3 is 0 Å². The Kier molecular flexibility index (Phi) is 5.72. The zero-order valence-corrected chi connectivity index (χ0v) is 17.2. The summed E-state index contributed by atoms with van der Waals surface area (Å²) in [6.07, 6.45) is 0.957. The van der Waals surface area contributed by atoms with Crippen molar-refractivity contribution in [3.8, 4) is 0 Å². The van der Waals surface area contributed by atoms with Crippen LogP contribution in [0.5, 0.6) is 0 Å². The molecule has 1 aromatic heterocycles. The number of halogens is 3. The number of hydrogen-bond donors (Lipinski definition) is 0. The van der Waals surface area contributed by atoms with Crippen molar-refractivity contribution in [3.05, 3.63) is 76.6 Å².